The van der Waals surface area contributed by atoms with Crippen molar-refractivity contribution in [1.82, 2.24) is 4.98 Å². The Bertz CT molecular complexity index is 665. The molecule has 2 aromatic rings. The van der Waals surface area contributed by atoms with Crippen molar-refractivity contribution in [2.75, 3.05) is 0 Å². The summed E-state index contributed by atoms with van der Waals surface area (Å²) in [6.45, 7) is 1.89. The standard InChI is InChI=1S/C14H12N2O3/c1-8-5-6-16-11(7-8)9-3-2-4-10(14(18)19)12(9)13(15)17/h2-7H,1H3,(H2,15,17)(H,18,19). The SMILES string of the molecule is Cc1ccnc(-c2cccc(C(=O)O)c2C(N)=O)c1. The number of primary amides is 1. The first-order chi connectivity index (χ1) is 9.00. The van der Waals surface area contributed by atoms with Gasteiger partial charge in [0.1, 0.15) is 0 Å². The van der Waals surface area contributed by atoms with Crippen molar-refractivity contribution in [3.8, 4) is 11.3 Å². The van der Waals surface area contributed by atoms with Crippen LogP contribution in [0.2, 0.25) is 0 Å². The molecule has 0 aliphatic heterocycles. The summed E-state index contributed by atoms with van der Waals surface area (Å²) in [5.74, 6) is -1.97. The molecule has 1 aromatic heterocycles. The van der Waals surface area contributed by atoms with E-state index in [0.29, 0.717) is 11.3 Å². The summed E-state index contributed by atoms with van der Waals surface area (Å²) in [6.07, 6.45) is 1.60. The molecule has 0 fully saturated rings. The molecule has 0 aliphatic carbocycles. The fourth-order valence-electron chi connectivity index (χ4n) is 1.89. The zero-order valence-corrected chi connectivity index (χ0v) is 10.3. The van der Waals surface area contributed by atoms with Gasteiger partial charge < -0.3 is 10.8 Å². The molecule has 0 spiro atoms. The summed E-state index contributed by atoms with van der Waals surface area (Å²) in [4.78, 5) is 26.8. The Labute approximate surface area is 109 Å². The predicted octanol–water partition coefficient (Wildman–Crippen LogP) is 1.85. The Morgan fingerprint density at radius 3 is 2.58 bits per heavy atom. The minimum absolute atomic E-state index is 0.0203. The van der Waals surface area contributed by atoms with Gasteiger partial charge in [-0.1, -0.05) is 12.1 Å². The van der Waals surface area contributed by atoms with Crippen LogP contribution in [0.1, 0.15) is 26.3 Å². The normalized spacial score (nSPS) is 10.2. The number of hydrogen-bond donors (Lipinski definition) is 2. The molecule has 96 valence electrons. The molecule has 0 aliphatic rings. The van der Waals surface area contributed by atoms with Crippen LogP contribution in [0.3, 0.4) is 0 Å². The van der Waals surface area contributed by atoms with Crippen molar-refractivity contribution in [2.45, 2.75) is 6.92 Å². The van der Waals surface area contributed by atoms with Crippen LogP contribution in [0.4, 0.5) is 0 Å². The molecular weight excluding hydrogens is 244 g/mol. The van der Waals surface area contributed by atoms with Gasteiger partial charge >= 0.3 is 5.97 Å². The molecule has 0 saturated heterocycles. The number of aryl methyl sites for hydroxylation is 1. The van der Waals surface area contributed by atoms with E-state index in [2.05, 4.69) is 4.98 Å². The van der Waals surface area contributed by atoms with E-state index in [1.807, 2.05) is 13.0 Å². The van der Waals surface area contributed by atoms with Crippen LogP contribution in [-0.4, -0.2) is 22.0 Å². The lowest BCUT2D eigenvalue weighted by Gasteiger charge is -2.09. The highest BCUT2D eigenvalue weighted by molar-refractivity contribution is 6.08. The maximum atomic E-state index is 11.5. The van der Waals surface area contributed by atoms with E-state index < -0.39 is 11.9 Å². The van der Waals surface area contributed by atoms with Gasteiger partial charge in [-0.25, -0.2) is 4.79 Å². The summed E-state index contributed by atoms with van der Waals surface area (Å²) in [5.41, 5.74) is 7.07. The largest absolute Gasteiger partial charge is 0.478 e. The summed E-state index contributed by atoms with van der Waals surface area (Å²) < 4.78 is 0. The third kappa shape index (κ3) is 2.44. The average Bonchev–Trinajstić information content (AvgIpc) is 2.37. The summed E-state index contributed by atoms with van der Waals surface area (Å²) in [5, 5.41) is 9.11. The molecule has 0 atom stereocenters. The zero-order chi connectivity index (χ0) is 14.0. The van der Waals surface area contributed by atoms with E-state index in [1.165, 1.54) is 6.07 Å². The number of nitrogens with zero attached hydrogens (tertiary/aromatic N) is 1. The maximum Gasteiger partial charge on any atom is 0.336 e. The highest BCUT2D eigenvalue weighted by Crippen LogP contribution is 2.25. The Hall–Kier alpha value is -2.69. The number of aromatic nitrogens is 1. The highest BCUT2D eigenvalue weighted by atomic mass is 16.4. The number of carboxylic acids is 1. The lowest BCUT2D eigenvalue weighted by atomic mass is 9.97. The van der Waals surface area contributed by atoms with Gasteiger partial charge in [0.15, 0.2) is 0 Å². The van der Waals surface area contributed by atoms with Crippen molar-refractivity contribution in [1.29, 1.82) is 0 Å². The topological polar surface area (TPSA) is 93.3 Å². The second kappa shape index (κ2) is 4.89. The molecule has 1 heterocycles. The van der Waals surface area contributed by atoms with Crippen LogP contribution in [0.25, 0.3) is 11.3 Å². The fraction of sp³-hybridized carbons (Fsp3) is 0.0714. The summed E-state index contributed by atoms with van der Waals surface area (Å²) in [6, 6.07) is 8.13. The van der Waals surface area contributed by atoms with Crippen molar-refractivity contribution < 1.29 is 14.7 Å². The first kappa shape index (κ1) is 12.8. The van der Waals surface area contributed by atoms with E-state index in [4.69, 9.17) is 10.8 Å². The van der Waals surface area contributed by atoms with Gasteiger partial charge in [-0.05, 0) is 30.7 Å². The third-order valence-electron chi connectivity index (χ3n) is 2.73. The Morgan fingerprint density at radius 1 is 1.26 bits per heavy atom. The summed E-state index contributed by atoms with van der Waals surface area (Å²) >= 11 is 0. The number of nitrogens with two attached hydrogens (primary N) is 1. The number of carbonyl (C=O) groups is 2. The number of pyridine rings is 1. The number of amides is 1. The molecule has 3 N–H and O–H groups in total. The van der Waals surface area contributed by atoms with Gasteiger partial charge in [0.2, 0.25) is 5.91 Å². The van der Waals surface area contributed by atoms with E-state index in [1.54, 1.807) is 24.4 Å². The monoisotopic (exact) mass is 256 g/mol. The number of carbonyl (C=O) groups excluding carboxylic acids is 1. The maximum absolute atomic E-state index is 11.5. The molecule has 0 bridgehead atoms. The molecule has 1 amide bonds. The molecule has 0 radical (unpaired) electrons. The van der Waals surface area contributed by atoms with Crippen LogP contribution < -0.4 is 5.73 Å². The summed E-state index contributed by atoms with van der Waals surface area (Å²) in [7, 11) is 0. The fourth-order valence-corrected chi connectivity index (χ4v) is 1.89. The van der Waals surface area contributed by atoms with Gasteiger partial charge in [0.05, 0.1) is 16.8 Å². The van der Waals surface area contributed by atoms with Gasteiger partial charge in [-0.3, -0.25) is 9.78 Å². The van der Waals surface area contributed by atoms with E-state index >= 15 is 0 Å². The molecule has 19 heavy (non-hydrogen) atoms. The van der Waals surface area contributed by atoms with Crippen molar-refractivity contribution in [3.05, 3.63) is 53.2 Å². The van der Waals surface area contributed by atoms with Crippen molar-refractivity contribution in [3.63, 3.8) is 0 Å². The minimum atomic E-state index is -1.19. The molecule has 5 nitrogen and oxygen atoms in total. The lowest BCUT2D eigenvalue weighted by molar-refractivity contribution is 0.0692. The van der Waals surface area contributed by atoms with E-state index in [9.17, 15) is 9.59 Å². The van der Waals surface area contributed by atoms with Gasteiger partial charge in [-0.15, -0.1) is 0 Å². The lowest BCUT2D eigenvalue weighted by Crippen LogP contribution is -2.17. The highest BCUT2D eigenvalue weighted by Gasteiger charge is 2.19. The molecule has 0 saturated carbocycles. The van der Waals surface area contributed by atoms with Crippen LogP contribution in [-0.2, 0) is 0 Å². The van der Waals surface area contributed by atoms with Gasteiger partial charge in [-0.2, -0.15) is 0 Å². The number of rotatable bonds is 3. The minimum Gasteiger partial charge on any atom is -0.478 e. The second-order valence-corrected chi connectivity index (χ2v) is 4.12. The Kier molecular flexibility index (Phi) is 3.29. The molecule has 2 rings (SSSR count). The zero-order valence-electron chi connectivity index (χ0n) is 10.3. The number of benzene rings is 1. The molecule has 0 unspecified atom stereocenters. The predicted molar refractivity (Wildman–Crippen MR) is 69.9 cm³/mol. The Morgan fingerprint density at radius 2 is 2.00 bits per heavy atom. The van der Waals surface area contributed by atoms with Crippen molar-refractivity contribution in [2.24, 2.45) is 5.73 Å². The van der Waals surface area contributed by atoms with Crippen LogP contribution >= 0.6 is 0 Å². The smallest absolute Gasteiger partial charge is 0.336 e. The molecule has 5 heteroatoms. The van der Waals surface area contributed by atoms with Gasteiger partial charge in [0, 0.05) is 11.8 Å². The first-order valence-electron chi connectivity index (χ1n) is 5.60. The van der Waals surface area contributed by atoms with E-state index in [0.717, 1.165) is 5.56 Å². The average molecular weight is 256 g/mol. The van der Waals surface area contributed by atoms with Gasteiger partial charge in [0.25, 0.3) is 0 Å². The van der Waals surface area contributed by atoms with Crippen LogP contribution in [0.15, 0.2) is 36.5 Å². The second-order valence-electron chi connectivity index (χ2n) is 4.12. The number of carboxylic acid groups (broad SMARTS) is 1. The number of hydrogen-bond acceptors (Lipinski definition) is 3. The Balaban J connectivity index is 2.73. The quantitative estimate of drug-likeness (QED) is 0.876. The molecular formula is C14H12N2O3. The molecule has 1 aromatic carbocycles. The van der Waals surface area contributed by atoms with Crippen LogP contribution in [0, 0.1) is 6.92 Å². The van der Waals surface area contributed by atoms with Crippen molar-refractivity contribution >= 4 is 11.9 Å². The number of aromatic carboxylic acids is 1. The third-order valence-corrected chi connectivity index (χ3v) is 2.73. The first-order valence-corrected chi connectivity index (χ1v) is 5.60. The van der Waals surface area contributed by atoms with E-state index in [-0.39, 0.29) is 11.1 Å². The van der Waals surface area contributed by atoms with Crippen LogP contribution in [0.5, 0.6) is 0 Å².